The number of aromatic nitrogens is 2. The van der Waals surface area contributed by atoms with Gasteiger partial charge in [-0.3, -0.25) is 0 Å². The molecular formula is C36H41IN4O2. The minimum atomic E-state index is -0.733. The molecular weight excluding hydrogens is 647 g/mol. The Morgan fingerprint density at radius 1 is 0.791 bits per heavy atom. The van der Waals surface area contributed by atoms with E-state index < -0.39 is 3.55 Å². The number of alkyl halides is 1. The summed E-state index contributed by atoms with van der Waals surface area (Å²) in [6.45, 7) is 9.46. The number of nitrogens with zero attached hydrogens (tertiary/aromatic N) is 3. The van der Waals surface area contributed by atoms with E-state index in [2.05, 4.69) is 101 Å². The molecule has 4 aromatic carbocycles. The molecule has 0 saturated heterocycles. The minimum Gasteiger partial charge on any atom is -0.493 e. The van der Waals surface area contributed by atoms with Crippen LogP contribution in [0.1, 0.15) is 42.8 Å². The Morgan fingerprint density at radius 3 is 2.12 bits per heavy atom. The topological polar surface area (TPSA) is 65.5 Å². The molecule has 1 atom stereocenters. The molecule has 7 heteroatoms. The van der Waals surface area contributed by atoms with Gasteiger partial charge in [0.2, 0.25) is 0 Å². The normalized spacial score (nSPS) is 12.9. The lowest BCUT2D eigenvalue weighted by Crippen LogP contribution is -2.35. The monoisotopic (exact) mass is 688 g/mol. The van der Waals surface area contributed by atoms with Crippen LogP contribution in [-0.2, 0) is 23.1 Å². The number of nitrogens with two attached hydrogens (primary N) is 1. The van der Waals surface area contributed by atoms with Gasteiger partial charge in [-0.05, 0) is 60.5 Å². The smallest absolute Gasteiger partial charge is 0.140 e. The van der Waals surface area contributed by atoms with Gasteiger partial charge in [0.05, 0.1) is 17.6 Å². The first kappa shape index (κ1) is 31.0. The first-order valence-electron chi connectivity index (χ1n) is 15.1. The van der Waals surface area contributed by atoms with Crippen LogP contribution in [0.15, 0.2) is 103 Å². The Hall–Kier alpha value is -3.40. The van der Waals surface area contributed by atoms with Gasteiger partial charge in [-0.1, -0.05) is 109 Å². The van der Waals surface area contributed by atoms with Crippen molar-refractivity contribution >= 4 is 33.6 Å². The van der Waals surface area contributed by atoms with Crippen molar-refractivity contribution in [3.8, 4) is 11.5 Å². The molecule has 0 unspecified atom stereocenters. The molecule has 224 valence electrons. The Balaban J connectivity index is 1.35. The number of hydrogen-bond donors (Lipinski definition) is 1. The van der Waals surface area contributed by atoms with E-state index in [1.165, 1.54) is 5.56 Å². The molecule has 6 nitrogen and oxygen atoms in total. The molecule has 0 aliphatic heterocycles. The van der Waals surface area contributed by atoms with Crippen LogP contribution in [0, 0.1) is 0 Å². The third-order valence-electron chi connectivity index (χ3n) is 7.69. The number of hydrogen-bond acceptors (Lipinski definition) is 5. The van der Waals surface area contributed by atoms with Gasteiger partial charge in [0.15, 0.2) is 0 Å². The average molecular weight is 689 g/mol. The van der Waals surface area contributed by atoms with Crippen molar-refractivity contribution in [1.82, 2.24) is 14.5 Å². The number of imidazole rings is 1. The Bertz CT molecular complexity index is 1570. The van der Waals surface area contributed by atoms with Gasteiger partial charge in [-0.25, -0.2) is 4.98 Å². The molecule has 0 radical (unpaired) electrons. The van der Waals surface area contributed by atoms with Crippen LogP contribution in [-0.4, -0.2) is 40.7 Å². The molecule has 0 aliphatic carbocycles. The fourth-order valence-electron chi connectivity index (χ4n) is 5.27. The van der Waals surface area contributed by atoms with Gasteiger partial charge < -0.3 is 24.7 Å². The van der Waals surface area contributed by atoms with E-state index in [1.807, 2.05) is 48.5 Å². The van der Waals surface area contributed by atoms with Gasteiger partial charge in [0, 0.05) is 25.6 Å². The molecule has 0 bridgehead atoms. The van der Waals surface area contributed by atoms with Crippen LogP contribution < -0.4 is 15.2 Å². The van der Waals surface area contributed by atoms with E-state index in [0.29, 0.717) is 26.2 Å². The van der Waals surface area contributed by atoms with E-state index >= 15 is 0 Å². The highest BCUT2D eigenvalue weighted by atomic mass is 127. The van der Waals surface area contributed by atoms with Crippen molar-refractivity contribution in [3.63, 3.8) is 0 Å². The number of benzene rings is 4. The van der Waals surface area contributed by atoms with Crippen LogP contribution in [0.4, 0.5) is 0 Å². The molecule has 0 aliphatic rings. The van der Waals surface area contributed by atoms with E-state index in [4.69, 9.17) is 20.2 Å². The largest absolute Gasteiger partial charge is 0.493 e. The predicted octanol–water partition coefficient (Wildman–Crippen LogP) is 7.56. The highest BCUT2D eigenvalue weighted by Gasteiger charge is 2.31. The summed E-state index contributed by atoms with van der Waals surface area (Å²) in [5.41, 5.74) is 12.5. The Labute approximate surface area is 269 Å². The van der Waals surface area contributed by atoms with E-state index in [9.17, 15) is 0 Å². The van der Waals surface area contributed by atoms with Crippen molar-refractivity contribution in [2.45, 2.75) is 43.4 Å². The first-order chi connectivity index (χ1) is 20.9. The summed E-state index contributed by atoms with van der Waals surface area (Å²) in [6.07, 6.45) is 1.61. The summed E-state index contributed by atoms with van der Waals surface area (Å²) >= 11 is 2.36. The van der Waals surface area contributed by atoms with Gasteiger partial charge >= 0.3 is 0 Å². The molecule has 0 fully saturated rings. The zero-order valence-corrected chi connectivity index (χ0v) is 27.2. The second-order valence-corrected chi connectivity index (χ2v) is 12.8. The molecule has 5 aromatic rings. The van der Waals surface area contributed by atoms with Crippen LogP contribution in [0.25, 0.3) is 11.0 Å². The summed E-state index contributed by atoms with van der Waals surface area (Å²) in [4.78, 5) is 7.50. The quantitative estimate of drug-likeness (QED) is 0.0533. The number of rotatable bonds is 15. The van der Waals surface area contributed by atoms with Crippen molar-refractivity contribution in [2.75, 3.05) is 26.2 Å². The molecule has 0 saturated carbocycles. The zero-order chi connectivity index (χ0) is 30.1. The highest BCUT2D eigenvalue weighted by molar-refractivity contribution is 14.1. The molecule has 5 rings (SSSR count). The number of fused-ring (bicyclic) bond motifs is 1. The standard InChI is InChI=1S/C36H41IN4O2/c1-3-40(4-2)22-11-23-42-32-20-21-33-34(24-32)41(26-29-12-7-5-8-13-29)35(39-33)36(37,38)25-28-16-18-31(19-17-28)43-27-30-14-9-6-10-15-30/h5-10,12-21,24H,3-4,11,22-23,25-27,38H2,1-2H3/t36-/m0/s1. The number of halogens is 1. The lowest BCUT2D eigenvalue weighted by Gasteiger charge is -2.24. The molecule has 2 N–H and O–H groups in total. The van der Waals surface area contributed by atoms with Crippen LogP contribution in [0.5, 0.6) is 11.5 Å². The van der Waals surface area contributed by atoms with Gasteiger partial charge in [-0.15, -0.1) is 0 Å². The van der Waals surface area contributed by atoms with Gasteiger partial charge in [0.25, 0.3) is 0 Å². The average Bonchev–Trinajstić information content (AvgIpc) is 3.40. The first-order valence-corrected chi connectivity index (χ1v) is 16.2. The Kier molecular flexibility index (Phi) is 10.7. The SMILES string of the molecule is CCN(CC)CCCOc1ccc2nc([C@](N)(I)Cc3ccc(OCc4ccccc4)cc3)n(Cc3ccccc3)c2c1. The number of ether oxygens (including phenoxy) is 2. The van der Waals surface area contributed by atoms with Crippen LogP contribution in [0.2, 0.25) is 0 Å². The molecule has 0 spiro atoms. The lowest BCUT2D eigenvalue weighted by atomic mass is 10.1. The fourth-order valence-corrected chi connectivity index (χ4v) is 6.13. The van der Waals surface area contributed by atoms with Crippen LogP contribution in [0.3, 0.4) is 0 Å². The van der Waals surface area contributed by atoms with Crippen molar-refractivity contribution < 1.29 is 9.47 Å². The zero-order valence-electron chi connectivity index (χ0n) is 25.1. The fraction of sp³-hybridized carbons (Fsp3) is 0.306. The summed E-state index contributed by atoms with van der Waals surface area (Å²) in [5, 5.41) is 0. The molecule has 1 heterocycles. The highest BCUT2D eigenvalue weighted by Crippen LogP contribution is 2.34. The van der Waals surface area contributed by atoms with Crippen LogP contribution >= 0.6 is 22.6 Å². The third kappa shape index (κ3) is 8.37. The van der Waals surface area contributed by atoms with Crippen molar-refractivity contribution in [2.24, 2.45) is 5.73 Å². The van der Waals surface area contributed by atoms with E-state index in [-0.39, 0.29) is 0 Å². The molecule has 43 heavy (non-hydrogen) atoms. The van der Waals surface area contributed by atoms with Crippen molar-refractivity contribution in [3.05, 3.63) is 126 Å². The predicted molar refractivity (Wildman–Crippen MR) is 184 cm³/mol. The maximum absolute atomic E-state index is 7.09. The van der Waals surface area contributed by atoms with E-state index in [0.717, 1.165) is 65.5 Å². The Morgan fingerprint density at radius 2 is 1.44 bits per heavy atom. The third-order valence-corrected chi connectivity index (χ3v) is 8.55. The van der Waals surface area contributed by atoms with Crippen molar-refractivity contribution in [1.29, 1.82) is 0 Å². The molecule has 0 amide bonds. The van der Waals surface area contributed by atoms with Gasteiger partial charge in [0.1, 0.15) is 27.5 Å². The summed E-state index contributed by atoms with van der Waals surface area (Å²) in [5.74, 6) is 2.54. The minimum absolute atomic E-state index is 0.540. The second kappa shape index (κ2) is 14.9. The summed E-state index contributed by atoms with van der Waals surface area (Å²) < 4.78 is 13.7. The summed E-state index contributed by atoms with van der Waals surface area (Å²) in [7, 11) is 0. The van der Waals surface area contributed by atoms with Gasteiger partial charge in [-0.2, -0.15) is 0 Å². The second-order valence-electron chi connectivity index (χ2n) is 10.8. The molecule has 1 aromatic heterocycles. The maximum Gasteiger partial charge on any atom is 0.140 e. The summed E-state index contributed by atoms with van der Waals surface area (Å²) in [6, 6.07) is 35.0. The lowest BCUT2D eigenvalue weighted by molar-refractivity contribution is 0.249. The van der Waals surface area contributed by atoms with E-state index in [1.54, 1.807) is 0 Å². The maximum atomic E-state index is 7.09.